The molecule has 4 nitrogen and oxygen atoms in total. The normalized spacial score (nSPS) is 21.4. The molecule has 2 aliphatic rings. The minimum Gasteiger partial charge on any atom is -0.483 e. The molecule has 0 bridgehead atoms. The summed E-state index contributed by atoms with van der Waals surface area (Å²) in [4.78, 5) is 13.9. The van der Waals surface area contributed by atoms with Crippen LogP contribution in [-0.4, -0.2) is 17.9 Å². The van der Waals surface area contributed by atoms with Crippen LogP contribution in [0.3, 0.4) is 0 Å². The Kier molecular flexibility index (Phi) is 3.49. The molecule has 1 fully saturated rings. The zero-order valence-corrected chi connectivity index (χ0v) is 14.3. The summed E-state index contributed by atoms with van der Waals surface area (Å²) in [5.74, 6) is 0.797. The number of nitrogens with two attached hydrogens (primary N) is 1. The van der Waals surface area contributed by atoms with Crippen molar-refractivity contribution in [3.8, 4) is 5.75 Å². The first-order valence-electron chi connectivity index (χ1n) is 8.53. The molecular formula is C20H21FN2O2. The molecule has 1 unspecified atom stereocenters. The minimum atomic E-state index is -0.738. The number of carbonyl (C=O) groups is 1. The lowest BCUT2D eigenvalue weighted by Gasteiger charge is -2.46. The fraction of sp³-hybridized carbons (Fsp3) is 0.350. The van der Waals surface area contributed by atoms with E-state index in [4.69, 9.17) is 10.5 Å². The van der Waals surface area contributed by atoms with Gasteiger partial charge >= 0.3 is 0 Å². The molecule has 0 aromatic heterocycles. The Hall–Kier alpha value is -2.56. The van der Waals surface area contributed by atoms with Gasteiger partial charge in [-0.15, -0.1) is 0 Å². The molecular weight excluding hydrogens is 319 g/mol. The quantitative estimate of drug-likeness (QED) is 0.673. The zero-order chi connectivity index (χ0) is 17.8. The largest absolute Gasteiger partial charge is 0.483 e. The van der Waals surface area contributed by atoms with Gasteiger partial charge in [0.15, 0.2) is 0 Å². The molecule has 1 aliphatic heterocycles. The van der Waals surface area contributed by atoms with Crippen LogP contribution in [-0.2, 0) is 4.79 Å². The van der Waals surface area contributed by atoms with Crippen LogP contribution in [0.5, 0.6) is 5.75 Å². The van der Waals surface area contributed by atoms with Crippen molar-refractivity contribution in [3.05, 3.63) is 47.8 Å². The van der Waals surface area contributed by atoms with E-state index >= 15 is 0 Å². The van der Waals surface area contributed by atoms with Crippen molar-refractivity contribution in [3.63, 3.8) is 0 Å². The minimum absolute atomic E-state index is 0.307. The number of benzene rings is 2. The van der Waals surface area contributed by atoms with Crippen molar-refractivity contribution >= 4 is 23.3 Å². The van der Waals surface area contributed by atoms with E-state index in [0.29, 0.717) is 17.4 Å². The van der Waals surface area contributed by atoms with Crippen LogP contribution in [0.2, 0.25) is 0 Å². The van der Waals surface area contributed by atoms with Crippen LogP contribution in [0.1, 0.15) is 38.2 Å². The van der Waals surface area contributed by atoms with E-state index in [0.717, 1.165) is 36.1 Å². The molecule has 2 aromatic rings. The number of anilines is 3. The second kappa shape index (κ2) is 5.48. The van der Waals surface area contributed by atoms with Crippen molar-refractivity contribution in [1.29, 1.82) is 0 Å². The van der Waals surface area contributed by atoms with Crippen LogP contribution < -0.4 is 15.4 Å². The summed E-state index contributed by atoms with van der Waals surface area (Å²) >= 11 is 0. The van der Waals surface area contributed by atoms with Crippen LogP contribution in [0, 0.1) is 5.82 Å². The molecule has 0 radical (unpaired) electrons. The van der Waals surface area contributed by atoms with Crippen LogP contribution in [0.4, 0.5) is 21.5 Å². The third kappa shape index (κ3) is 2.64. The summed E-state index contributed by atoms with van der Waals surface area (Å²) in [5.41, 5.74) is 8.74. The first-order valence-corrected chi connectivity index (χ1v) is 8.53. The number of nitrogen functional groups attached to an aromatic ring is 1. The Labute approximate surface area is 146 Å². The Balaban J connectivity index is 1.96. The average Bonchev–Trinajstić information content (AvgIpc) is 3.37. The standard InChI is InChI=1S/C20H21FN2O2/c1-20(2)18(11-24)23(15-7-5-13(21)6-8-15)19-16(12-3-4-12)9-14(22)10-17(19)25-20/h5-12,18H,3-4,22H2,1-2H3. The molecule has 2 aromatic carbocycles. The van der Waals surface area contributed by atoms with E-state index in [1.165, 1.54) is 12.1 Å². The highest BCUT2D eigenvalue weighted by Crippen LogP contribution is 2.53. The number of aldehydes is 1. The molecule has 0 saturated heterocycles. The smallest absolute Gasteiger partial charge is 0.146 e. The fourth-order valence-electron chi connectivity index (χ4n) is 3.60. The van der Waals surface area contributed by atoms with E-state index in [2.05, 4.69) is 0 Å². The topological polar surface area (TPSA) is 55.6 Å². The van der Waals surface area contributed by atoms with Crippen molar-refractivity contribution in [2.24, 2.45) is 0 Å². The molecule has 130 valence electrons. The van der Waals surface area contributed by atoms with Crippen LogP contribution in [0.15, 0.2) is 36.4 Å². The number of hydrogen-bond acceptors (Lipinski definition) is 4. The maximum Gasteiger partial charge on any atom is 0.146 e. The predicted octanol–water partition coefficient (Wildman–Crippen LogP) is 4.16. The van der Waals surface area contributed by atoms with Gasteiger partial charge in [-0.05, 0) is 68.5 Å². The lowest BCUT2D eigenvalue weighted by Crippen LogP contribution is -2.55. The van der Waals surface area contributed by atoms with Gasteiger partial charge < -0.3 is 20.2 Å². The van der Waals surface area contributed by atoms with Gasteiger partial charge in [-0.2, -0.15) is 0 Å². The lowest BCUT2D eigenvalue weighted by atomic mass is 9.91. The first-order chi connectivity index (χ1) is 11.9. The van der Waals surface area contributed by atoms with E-state index in [1.54, 1.807) is 18.2 Å². The van der Waals surface area contributed by atoms with Gasteiger partial charge in [0.2, 0.25) is 0 Å². The average molecular weight is 340 g/mol. The monoisotopic (exact) mass is 340 g/mol. The number of halogens is 1. The van der Waals surface area contributed by atoms with Gasteiger partial charge in [0, 0.05) is 17.4 Å². The molecule has 2 N–H and O–H groups in total. The van der Waals surface area contributed by atoms with Gasteiger partial charge in [-0.1, -0.05) is 0 Å². The Morgan fingerprint density at radius 1 is 1.24 bits per heavy atom. The number of ether oxygens (including phenoxy) is 1. The van der Waals surface area contributed by atoms with E-state index in [-0.39, 0.29) is 5.82 Å². The second-order valence-corrected chi connectivity index (χ2v) is 7.36. The van der Waals surface area contributed by atoms with Crippen molar-refractivity contribution in [2.45, 2.75) is 44.2 Å². The Morgan fingerprint density at radius 3 is 2.52 bits per heavy atom. The van der Waals surface area contributed by atoms with E-state index < -0.39 is 11.6 Å². The number of carbonyl (C=O) groups excluding carboxylic acids is 1. The molecule has 1 aliphatic carbocycles. The highest BCUT2D eigenvalue weighted by Gasteiger charge is 2.45. The van der Waals surface area contributed by atoms with Gasteiger partial charge in [0.25, 0.3) is 0 Å². The lowest BCUT2D eigenvalue weighted by molar-refractivity contribution is -0.112. The van der Waals surface area contributed by atoms with Crippen molar-refractivity contribution in [1.82, 2.24) is 0 Å². The predicted molar refractivity (Wildman–Crippen MR) is 95.9 cm³/mol. The van der Waals surface area contributed by atoms with Crippen LogP contribution >= 0.6 is 0 Å². The summed E-state index contributed by atoms with van der Waals surface area (Å²) in [6, 6.07) is 9.47. The number of fused-ring (bicyclic) bond motifs is 1. The molecule has 25 heavy (non-hydrogen) atoms. The maximum atomic E-state index is 13.4. The first kappa shape index (κ1) is 15.9. The third-order valence-electron chi connectivity index (χ3n) is 4.98. The molecule has 0 spiro atoms. The zero-order valence-electron chi connectivity index (χ0n) is 14.3. The number of rotatable bonds is 3. The van der Waals surface area contributed by atoms with Gasteiger partial charge in [-0.3, -0.25) is 0 Å². The second-order valence-electron chi connectivity index (χ2n) is 7.36. The molecule has 1 atom stereocenters. The van der Waals surface area contributed by atoms with Gasteiger partial charge in [0.05, 0.1) is 5.69 Å². The molecule has 0 amide bonds. The fourth-order valence-corrected chi connectivity index (χ4v) is 3.60. The Morgan fingerprint density at radius 2 is 1.92 bits per heavy atom. The number of nitrogens with zero attached hydrogens (tertiary/aromatic N) is 1. The molecule has 5 heteroatoms. The molecule has 1 heterocycles. The van der Waals surface area contributed by atoms with E-state index in [1.807, 2.05) is 24.8 Å². The maximum absolute atomic E-state index is 13.4. The van der Waals surface area contributed by atoms with Crippen molar-refractivity contribution < 1.29 is 13.9 Å². The highest BCUT2D eigenvalue weighted by atomic mass is 19.1. The van der Waals surface area contributed by atoms with Gasteiger partial charge in [-0.25, -0.2) is 4.39 Å². The molecule has 4 rings (SSSR count). The highest BCUT2D eigenvalue weighted by molar-refractivity contribution is 5.84. The van der Waals surface area contributed by atoms with Crippen molar-refractivity contribution in [2.75, 3.05) is 10.6 Å². The summed E-state index contributed by atoms with van der Waals surface area (Å²) in [6.07, 6.45) is 3.10. The third-order valence-corrected chi connectivity index (χ3v) is 4.98. The SMILES string of the molecule is CC1(C)Oc2cc(N)cc(C3CC3)c2N(c2ccc(F)cc2)C1C=O. The summed E-state index contributed by atoms with van der Waals surface area (Å²) in [6.45, 7) is 3.76. The van der Waals surface area contributed by atoms with E-state index in [9.17, 15) is 9.18 Å². The summed E-state index contributed by atoms with van der Waals surface area (Å²) in [7, 11) is 0. The molecule has 1 saturated carbocycles. The van der Waals surface area contributed by atoms with Gasteiger partial charge in [0.1, 0.15) is 29.5 Å². The number of hydrogen-bond donors (Lipinski definition) is 1. The summed E-state index contributed by atoms with van der Waals surface area (Å²) in [5, 5.41) is 0. The van der Waals surface area contributed by atoms with Crippen LogP contribution in [0.25, 0.3) is 0 Å². The Bertz CT molecular complexity index is 828. The summed E-state index contributed by atoms with van der Waals surface area (Å²) < 4.78 is 19.6.